The van der Waals surface area contributed by atoms with Gasteiger partial charge in [-0.3, -0.25) is 4.57 Å². The molecule has 0 radical (unpaired) electrons. The predicted octanol–water partition coefficient (Wildman–Crippen LogP) is 2.22. The molecular formula is C11H12N2OS. The third kappa shape index (κ3) is 1.85. The second kappa shape index (κ2) is 3.62. The minimum Gasteiger partial charge on any atom is -0.259 e. The summed E-state index contributed by atoms with van der Waals surface area (Å²) in [4.78, 5) is 16.8. The lowest BCUT2D eigenvalue weighted by molar-refractivity contribution is 0.907. The Hall–Kier alpha value is -1.42. The van der Waals surface area contributed by atoms with Gasteiger partial charge in [0.05, 0.1) is 0 Å². The fourth-order valence-electron chi connectivity index (χ4n) is 1.33. The summed E-state index contributed by atoms with van der Waals surface area (Å²) in [6.07, 6.45) is 1.77. The molecular weight excluding hydrogens is 208 g/mol. The molecule has 0 aliphatic rings. The normalized spacial score (nSPS) is 10.6. The summed E-state index contributed by atoms with van der Waals surface area (Å²) in [5.41, 5.74) is 1.75. The summed E-state index contributed by atoms with van der Waals surface area (Å²) < 4.78 is 1.58. The van der Waals surface area contributed by atoms with Gasteiger partial charge in [0.25, 0.3) is 0 Å². The number of rotatable bonds is 1. The summed E-state index contributed by atoms with van der Waals surface area (Å²) in [6.45, 7) is 5.91. The van der Waals surface area contributed by atoms with Gasteiger partial charge in [0.1, 0.15) is 5.00 Å². The van der Waals surface area contributed by atoms with Gasteiger partial charge in [-0.05, 0) is 38.5 Å². The van der Waals surface area contributed by atoms with E-state index < -0.39 is 0 Å². The number of thiophene rings is 1. The second-order valence-electron chi connectivity index (χ2n) is 3.55. The van der Waals surface area contributed by atoms with Crippen LogP contribution < -0.4 is 5.69 Å². The summed E-state index contributed by atoms with van der Waals surface area (Å²) in [7, 11) is 0. The number of aryl methyl sites for hydroxylation is 3. The molecule has 2 aromatic heterocycles. The molecule has 2 rings (SSSR count). The van der Waals surface area contributed by atoms with Crippen LogP contribution >= 0.6 is 11.3 Å². The molecule has 0 aliphatic carbocycles. The lowest BCUT2D eigenvalue weighted by atomic mass is 10.3. The zero-order valence-electron chi connectivity index (χ0n) is 8.94. The van der Waals surface area contributed by atoms with Crippen LogP contribution in [0.1, 0.15) is 16.1 Å². The summed E-state index contributed by atoms with van der Waals surface area (Å²) >= 11 is 1.61. The van der Waals surface area contributed by atoms with Crippen LogP contribution in [0, 0.1) is 20.8 Å². The van der Waals surface area contributed by atoms with Crippen molar-refractivity contribution < 1.29 is 0 Å². The van der Waals surface area contributed by atoms with E-state index in [1.54, 1.807) is 22.1 Å². The Morgan fingerprint density at radius 2 is 2.07 bits per heavy atom. The molecule has 0 amide bonds. The first kappa shape index (κ1) is 10.1. The molecule has 0 aromatic carbocycles. The fraction of sp³-hybridized carbons (Fsp3) is 0.273. The highest BCUT2D eigenvalue weighted by molar-refractivity contribution is 7.14. The van der Waals surface area contributed by atoms with Crippen molar-refractivity contribution in [3.63, 3.8) is 0 Å². The second-order valence-corrected chi connectivity index (χ2v) is 4.78. The SMILES string of the molecule is Cc1ccn(-c2cc(C)c(C)s2)c(=O)n1. The topological polar surface area (TPSA) is 34.9 Å². The van der Waals surface area contributed by atoms with E-state index in [-0.39, 0.29) is 5.69 Å². The molecule has 0 fully saturated rings. The summed E-state index contributed by atoms with van der Waals surface area (Å²) in [5.74, 6) is 0. The van der Waals surface area contributed by atoms with Gasteiger partial charge in [-0.1, -0.05) is 0 Å². The molecule has 0 aliphatic heterocycles. The average molecular weight is 220 g/mol. The van der Waals surface area contributed by atoms with Crippen LogP contribution in [0.5, 0.6) is 0 Å². The van der Waals surface area contributed by atoms with E-state index >= 15 is 0 Å². The minimum absolute atomic E-state index is 0.212. The molecule has 0 bridgehead atoms. The van der Waals surface area contributed by atoms with Crippen molar-refractivity contribution in [1.29, 1.82) is 0 Å². The molecule has 4 heteroatoms. The third-order valence-corrected chi connectivity index (χ3v) is 3.49. The maximum absolute atomic E-state index is 11.6. The number of hydrogen-bond acceptors (Lipinski definition) is 3. The maximum atomic E-state index is 11.6. The quantitative estimate of drug-likeness (QED) is 0.738. The van der Waals surface area contributed by atoms with E-state index in [0.29, 0.717) is 0 Å². The molecule has 0 unspecified atom stereocenters. The molecule has 3 nitrogen and oxygen atoms in total. The molecule has 0 spiro atoms. The first-order valence-corrected chi connectivity index (χ1v) is 5.53. The van der Waals surface area contributed by atoms with Crippen molar-refractivity contribution in [2.24, 2.45) is 0 Å². The van der Waals surface area contributed by atoms with E-state index in [4.69, 9.17) is 0 Å². The van der Waals surface area contributed by atoms with Gasteiger partial charge in [-0.25, -0.2) is 4.79 Å². The number of aromatic nitrogens is 2. The molecule has 0 saturated carbocycles. The van der Waals surface area contributed by atoms with E-state index in [9.17, 15) is 4.79 Å². The van der Waals surface area contributed by atoms with Crippen molar-refractivity contribution in [2.45, 2.75) is 20.8 Å². The molecule has 15 heavy (non-hydrogen) atoms. The van der Waals surface area contributed by atoms with E-state index in [1.807, 2.05) is 26.0 Å². The fourth-order valence-corrected chi connectivity index (χ4v) is 2.33. The standard InChI is InChI=1S/C11H12N2OS/c1-7-6-10(15-9(7)3)13-5-4-8(2)12-11(13)14/h4-6H,1-3H3. The van der Waals surface area contributed by atoms with E-state index in [2.05, 4.69) is 11.9 Å². The maximum Gasteiger partial charge on any atom is 0.352 e. The Kier molecular flexibility index (Phi) is 2.44. The van der Waals surface area contributed by atoms with Crippen LogP contribution in [-0.4, -0.2) is 9.55 Å². The van der Waals surface area contributed by atoms with Gasteiger partial charge in [0, 0.05) is 16.8 Å². The summed E-state index contributed by atoms with van der Waals surface area (Å²) in [6, 6.07) is 3.85. The molecule has 0 atom stereocenters. The van der Waals surface area contributed by atoms with Crippen LogP contribution in [0.2, 0.25) is 0 Å². The van der Waals surface area contributed by atoms with Crippen molar-refractivity contribution in [2.75, 3.05) is 0 Å². The number of nitrogens with zero attached hydrogens (tertiary/aromatic N) is 2. The highest BCUT2D eigenvalue weighted by Gasteiger charge is 2.05. The van der Waals surface area contributed by atoms with E-state index in [1.165, 1.54) is 10.4 Å². The molecule has 0 saturated heterocycles. The van der Waals surface area contributed by atoms with Crippen molar-refractivity contribution >= 4 is 11.3 Å². The third-order valence-electron chi connectivity index (χ3n) is 2.33. The highest BCUT2D eigenvalue weighted by atomic mass is 32.1. The Morgan fingerprint density at radius 3 is 2.60 bits per heavy atom. The van der Waals surface area contributed by atoms with Crippen LogP contribution in [0.3, 0.4) is 0 Å². The zero-order chi connectivity index (χ0) is 11.0. The van der Waals surface area contributed by atoms with E-state index in [0.717, 1.165) is 10.7 Å². The van der Waals surface area contributed by atoms with Crippen LogP contribution in [-0.2, 0) is 0 Å². The predicted molar refractivity (Wildman–Crippen MR) is 61.9 cm³/mol. The van der Waals surface area contributed by atoms with Gasteiger partial charge in [0.15, 0.2) is 0 Å². The Balaban J connectivity index is 2.59. The van der Waals surface area contributed by atoms with Gasteiger partial charge in [-0.15, -0.1) is 11.3 Å². The highest BCUT2D eigenvalue weighted by Crippen LogP contribution is 2.22. The first-order valence-electron chi connectivity index (χ1n) is 4.71. The lowest BCUT2D eigenvalue weighted by Gasteiger charge is -2.00. The Morgan fingerprint density at radius 1 is 1.33 bits per heavy atom. The lowest BCUT2D eigenvalue weighted by Crippen LogP contribution is -2.20. The molecule has 0 N–H and O–H groups in total. The monoisotopic (exact) mass is 220 g/mol. The van der Waals surface area contributed by atoms with Crippen molar-refractivity contribution in [3.8, 4) is 5.00 Å². The van der Waals surface area contributed by atoms with Gasteiger partial charge < -0.3 is 0 Å². The Labute approximate surface area is 92.0 Å². The zero-order valence-corrected chi connectivity index (χ0v) is 9.76. The van der Waals surface area contributed by atoms with Crippen molar-refractivity contribution in [1.82, 2.24) is 9.55 Å². The molecule has 78 valence electrons. The average Bonchev–Trinajstić information content (AvgIpc) is 2.46. The van der Waals surface area contributed by atoms with Gasteiger partial charge in [0.2, 0.25) is 0 Å². The first-order chi connectivity index (χ1) is 7.08. The summed E-state index contributed by atoms with van der Waals surface area (Å²) in [5, 5.41) is 0.933. The smallest absolute Gasteiger partial charge is 0.259 e. The van der Waals surface area contributed by atoms with Crippen LogP contribution in [0.25, 0.3) is 5.00 Å². The minimum atomic E-state index is -0.212. The Bertz CT molecular complexity index is 534. The van der Waals surface area contributed by atoms with Gasteiger partial charge in [-0.2, -0.15) is 4.98 Å². The number of hydrogen-bond donors (Lipinski definition) is 0. The van der Waals surface area contributed by atoms with Crippen molar-refractivity contribution in [3.05, 3.63) is 44.9 Å². The largest absolute Gasteiger partial charge is 0.352 e. The molecule has 2 aromatic rings. The van der Waals surface area contributed by atoms with Crippen LogP contribution in [0.15, 0.2) is 23.1 Å². The van der Waals surface area contributed by atoms with Gasteiger partial charge >= 0.3 is 5.69 Å². The molecule has 2 heterocycles. The van der Waals surface area contributed by atoms with Crippen LogP contribution in [0.4, 0.5) is 0 Å².